The average molecular weight is 491 g/mol. The summed E-state index contributed by atoms with van der Waals surface area (Å²) >= 11 is 3.16. The highest BCUT2D eigenvalue weighted by atomic mass is 32.1. The van der Waals surface area contributed by atoms with Crippen LogP contribution in [-0.2, 0) is 9.47 Å². The van der Waals surface area contributed by atoms with Crippen LogP contribution in [0.5, 0.6) is 11.5 Å². The first kappa shape index (κ1) is 20.9. The Balaban J connectivity index is 1.31. The normalized spacial score (nSPS) is 18.3. The van der Waals surface area contributed by atoms with Gasteiger partial charge in [-0.05, 0) is 42.5 Å². The zero-order valence-corrected chi connectivity index (χ0v) is 19.8. The van der Waals surface area contributed by atoms with Gasteiger partial charge in [-0.15, -0.1) is 22.7 Å². The minimum Gasteiger partial charge on any atom is -0.493 e. The first-order valence-corrected chi connectivity index (χ1v) is 12.2. The van der Waals surface area contributed by atoms with Crippen LogP contribution in [0.2, 0.25) is 0 Å². The maximum atomic E-state index is 12.5. The number of methoxy groups -OCH3 is 2. The van der Waals surface area contributed by atoms with Crippen LogP contribution < -0.4 is 9.47 Å². The Hall–Kier alpha value is -3.62. The van der Waals surface area contributed by atoms with E-state index in [9.17, 15) is 9.59 Å². The predicted molar refractivity (Wildman–Crippen MR) is 128 cm³/mol. The van der Waals surface area contributed by atoms with E-state index in [1.54, 1.807) is 48.0 Å². The molecule has 6 nitrogen and oxygen atoms in total. The predicted octanol–water partition coefficient (Wildman–Crippen LogP) is 6.01. The fourth-order valence-electron chi connectivity index (χ4n) is 4.34. The van der Waals surface area contributed by atoms with Crippen LogP contribution in [0.1, 0.15) is 53.8 Å². The summed E-state index contributed by atoms with van der Waals surface area (Å²) in [5, 5.41) is 0. The average Bonchev–Trinajstić information content (AvgIpc) is 3.64. The Kier molecular flexibility index (Phi) is 4.93. The number of benzene rings is 2. The highest BCUT2D eigenvalue weighted by Crippen LogP contribution is 2.46. The molecule has 0 saturated carbocycles. The monoisotopic (exact) mass is 490 g/mol. The summed E-state index contributed by atoms with van der Waals surface area (Å²) in [4.78, 5) is 28.7. The zero-order valence-electron chi connectivity index (χ0n) is 18.2. The maximum absolute atomic E-state index is 12.5. The quantitative estimate of drug-likeness (QED) is 0.319. The van der Waals surface area contributed by atoms with E-state index in [0.717, 1.165) is 30.6 Å². The molecule has 2 aliphatic heterocycles. The Morgan fingerprint density at radius 1 is 0.676 bits per heavy atom. The van der Waals surface area contributed by atoms with Crippen molar-refractivity contribution in [2.45, 2.75) is 12.2 Å². The molecule has 4 aromatic rings. The smallest absolute Gasteiger partial charge is 0.339 e. The lowest BCUT2D eigenvalue weighted by atomic mass is 10.0. The van der Waals surface area contributed by atoms with Crippen molar-refractivity contribution in [1.82, 2.24) is 0 Å². The van der Waals surface area contributed by atoms with Crippen LogP contribution in [0, 0.1) is 0 Å². The van der Waals surface area contributed by atoms with Gasteiger partial charge in [-0.25, -0.2) is 9.59 Å². The molecule has 0 spiro atoms. The third kappa shape index (κ3) is 3.21. The molecule has 2 aromatic heterocycles. The highest BCUT2D eigenvalue weighted by Gasteiger charge is 2.36. The van der Waals surface area contributed by atoms with E-state index >= 15 is 0 Å². The standard InChI is InChI=1S/C26H18O6S2/c1-29-17-11-15-16(12-18(17)30-2)26(28)32-24(15)22-10-8-20(34-22)19-7-9-21(33-19)23-13-5-3-4-6-14(13)25(27)31-23/h3-12,23-24H,1-2H3. The van der Waals surface area contributed by atoms with Crippen LogP contribution in [-0.4, -0.2) is 26.2 Å². The lowest BCUT2D eigenvalue weighted by Crippen LogP contribution is -1.98. The van der Waals surface area contributed by atoms with Crippen LogP contribution in [0.4, 0.5) is 0 Å². The van der Waals surface area contributed by atoms with Crippen molar-refractivity contribution in [3.8, 4) is 21.3 Å². The van der Waals surface area contributed by atoms with E-state index in [1.807, 2.05) is 42.5 Å². The van der Waals surface area contributed by atoms with E-state index in [0.29, 0.717) is 22.6 Å². The SMILES string of the molecule is COc1cc2c(cc1OC)C(c1ccc(-c3ccc(C4OC(=O)c5ccccc54)s3)s1)OC2=O. The van der Waals surface area contributed by atoms with Gasteiger partial charge in [0.15, 0.2) is 23.7 Å². The lowest BCUT2D eigenvalue weighted by molar-refractivity contribution is 0.0451. The molecule has 0 N–H and O–H groups in total. The molecular weight excluding hydrogens is 472 g/mol. The molecule has 170 valence electrons. The Morgan fingerprint density at radius 3 is 1.88 bits per heavy atom. The van der Waals surface area contributed by atoms with Crippen LogP contribution >= 0.6 is 22.7 Å². The second-order valence-corrected chi connectivity index (χ2v) is 10.1. The molecule has 2 atom stereocenters. The number of ether oxygens (including phenoxy) is 4. The first-order valence-electron chi connectivity index (χ1n) is 10.5. The molecule has 34 heavy (non-hydrogen) atoms. The summed E-state index contributed by atoms with van der Waals surface area (Å²) in [6.07, 6.45) is -0.879. The number of esters is 2. The molecule has 4 heterocycles. The van der Waals surface area contributed by atoms with Gasteiger partial charge in [0.25, 0.3) is 0 Å². The van der Waals surface area contributed by atoms with E-state index in [2.05, 4.69) is 0 Å². The van der Waals surface area contributed by atoms with Gasteiger partial charge in [0.1, 0.15) is 0 Å². The second kappa shape index (κ2) is 8.00. The third-order valence-electron chi connectivity index (χ3n) is 5.98. The van der Waals surface area contributed by atoms with Crippen molar-refractivity contribution in [1.29, 1.82) is 0 Å². The molecule has 8 heteroatoms. The van der Waals surface area contributed by atoms with Crippen molar-refractivity contribution < 1.29 is 28.5 Å². The van der Waals surface area contributed by atoms with Crippen molar-refractivity contribution >= 4 is 34.6 Å². The van der Waals surface area contributed by atoms with Crippen molar-refractivity contribution in [3.63, 3.8) is 0 Å². The Bertz CT molecular complexity index is 1450. The van der Waals surface area contributed by atoms with Gasteiger partial charge in [-0.3, -0.25) is 0 Å². The maximum Gasteiger partial charge on any atom is 0.339 e. The lowest BCUT2D eigenvalue weighted by Gasteiger charge is -2.11. The van der Waals surface area contributed by atoms with Crippen molar-refractivity contribution in [3.05, 3.63) is 92.7 Å². The van der Waals surface area contributed by atoms with E-state index < -0.39 is 6.10 Å². The molecule has 0 fully saturated rings. The summed E-state index contributed by atoms with van der Waals surface area (Å²) in [7, 11) is 3.10. The molecule has 0 bridgehead atoms. The van der Waals surface area contributed by atoms with Crippen LogP contribution in [0.25, 0.3) is 9.75 Å². The van der Waals surface area contributed by atoms with E-state index in [-0.39, 0.29) is 18.0 Å². The van der Waals surface area contributed by atoms with E-state index in [4.69, 9.17) is 18.9 Å². The molecule has 2 aliphatic rings. The summed E-state index contributed by atoms with van der Waals surface area (Å²) < 4.78 is 22.1. The van der Waals surface area contributed by atoms with Gasteiger partial charge < -0.3 is 18.9 Å². The van der Waals surface area contributed by atoms with Gasteiger partial charge in [0, 0.05) is 20.9 Å². The summed E-state index contributed by atoms with van der Waals surface area (Å²) in [5.74, 6) is 0.375. The van der Waals surface area contributed by atoms with E-state index in [1.165, 1.54) is 7.11 Å². The fraction of sp³-hybridized carbons (Fsp3) is 0.154. The topological polar surface area (TPSA) is 71.1 Å². The molecular formula is C26H18O6S2. The highest BCUT2D eigenvalue weighted by molar-refractivity contribution is 7.22. The zero-order chi connectivity index (χ0) is 23.4. The number of hydrogen-bond donors (Lipinski definition) is 0. The number of thiophene rings is 2. The first-order chi connectivity index (χ1) is 16.6. The van der Waals surface area contributed by atoms with Gasteiger partial charge >= 0.3 is 11.9 Å². The summed E-state index contributed by atoms with van der Waals surface area (Å²) in [5.41, 5.74) is 2.76. The number of hydrogen-bond acceptors (Lipinski definition) is 8. The third-order valence-corrected chi connectivity index (χ3v) is 8.44. The molecule has 2 aromatic carbocycles. The molecule has 2 unspecified atom stereocenters. The van der Waals surface area contributed by atoms with Crippen LogP contribution in [0.15, 0.2) is 60.7 Å². The summed E-state index contributed by atoms with van der Waals surface area (Å²) in [6.45, 7) is 0. The number of rotatable bonds is 5. The fourth-order valence-corrected chi connectivity index (χ4v) is 6.55. The van der Waals surface area contributed by atoms with Crippen LogP contribution in [0.3, 0.4) is 0 Å². The van der Waals surface area contributed by atoms with Crippen molar-refractivity contribution in [2.24, 2.45) is 0 Å². The number of carbonyl (C=O) groups excluding carboxylic acids is 2. The van der Waals surface area contributed by atoms with Gasteiger partial charge in [-0.1, -0.05) is 18.2 Å². The number of fused-ring (bicyclic) bond motifs is 2. The minimum atomic E-state index is -0.497. The number of cyclic esters (lactones) is 2. The second-order valence-electron chi connectivity index (χ2n) is 7.86. The van der Waals surface area contributed by atoms with Gasteiger partial charge in [-0.2, -0.15) is 0 Å². The van der Waals surface area contributed by atoms with Gasteiger partial charge in [0.2, 0.25) is 0 Å². The molecule has 0 amide bonds. The van der Waals surface area contributed by atoms with Gasteiger partial charge in [0.05, 0.1) is 35.1 Å². The molecule has 0 saturated heterocycles. The molecule has 0 aliphatic carbocycles. The largest absolute Gasteiger partial charge is 0.493 e. The Morgan fingerprint density at radius 2 is 1.24 bits per heavy atom. The Labute approximate surface area is 203 Å². The summed E-state index contributed by atoms with van der Waals surface area (Å²) in [6, 6.07) is 19.0. The molecule has 0 radical (unpaired) electrons. The minimum absolute atomic E-state index is 0.289. The molecule has 6 rings (SSSR count). The number of carbonyl (C=O) groups is 2. The van der Waals surface area contributed by atoms with Crippen molar-refractivity contribution in [2.75, 3.05) is 14.2 Å².